The van der Waals surface area contributed by atoms with E-state index in [1.165, 1.54) is 21.9 Å². The van der Waals surface area contributed by atoms with Crippen molar-refractivity contribution in [1.29, 1.82) is 0 Å². The third kappa shape index (κ3) is 3.92. The Morgan fingerprint density at radius 2 is 2.17 bits per heavy atom. The predicted octanol–water partition coefficient (Wildman–Crippen LogP) is 1.81. The average Bonchev–Trinajstić information content (AvgIpc) is 2.92. The van der Waals surface area contributed by atoms with Crippen molar-refractivity contribution in [2.45, 2.75) is 13.3 Å². The lowest BCUT2D eigenvalue weighted by Gasteiger charge is -2.22. The Hall–Kier alpha value is -2.28. The van der Waals surface area contributed by atoms with Gasteiger partial charge in [0, 0.05) is 25.2 Å². The molecular weight excluding hydrogens is 322 g/mol. The number of anilines is 1. The average molecular weight is 340 g/mol. The molecule has 2 N–H and O–H groups in total. The summed E-state index contributed by atoms with van der Waals surface area (Å²) in [6.45, 7) is 2.81. The fourth-order valence-electron chi connectivity index (χ4n) is 2.42. The first-order valence-electron chi connectivity index (χ1n) is 7.30. The van der Waals surface area contributed by atoms with Gasteiger partial charge >= 0.3 is 12.0 Å². The summed E-state index contributed by atoms with van der Waals surface area (Å²) in [6, 6.07) is 4.33. The lowest BCUT2D eigenvalue weighted by atomic mass is 10.1. The number of amides is 3. The van der Waals surface area contributed by atoms with Crippen molar-refractivity contribution in [3.8, 4) is 0 Å². The maximum atomic E-state index is 12.5. The summed E-state index contributed by atoms with van der Waals surface area (Å²) in [4.78, 5) is 37.9. The van der Waals surface area contributed by atoms with E-state index in [4.69, 9.17) is 16.7 Å². The zero-order valence-corrected chi connectivity index (χ0v) is 13.5. The SMILES string of the molecule is CCCN(CC(=O)O)C(=O)c1ccc(Cl)c(N2CCNC2=O)c1. The Labute approximate surface area is 138 Å². The molecule has 8 heteroatoms. The van der Waals surface area contributed by atoms with Gasteiger partial charge in [-0.1, -0.05) is 18.5 Å². The van der Waals surface area contributed by atoms with E-state index >= 15 is 0 Å². The van der Waals surface area contributed by atoms with E-state index in [1.807, 2.05) is 6.92 Å². The molecule has 7 nitrogen and oxygen atoms in total. The number of hydrogen-bond donors (Lipinski definition) is 2. The lowest BCUT2D eigenvalue weighted by Crippen LogP contribution is -2.36. The van der Waals surface area contributed by atoms with Gasteiger partial charge < -0.3 is 15.3 Å². The first-order chi connectivity index (χ1) is 10.9. The molecule has 0 spiro atoms. The summed E-state index contributed by atoms with van der Waals surface area (Å²) in [6.07, 6.45) is 0.647. The highest BCUT2D eigenvalue weighted by atomic mass is 35.5. The highest BCUT2D eigenvalue weighted by Crippen LogP contribution is 2.28. The van der Waals surface area contributed by atoms with E-state index in [-0.39, 0.29) is 12.6 Å². The fraction of sp³-hybridized carbons (Fsp3) is 0.400. The largest absolute Gasteiger partial charge is 0.480 e. The number of urea groups is 1. The summed E-state index contributed by atoms with van der Waals surface area (Å²) in [5.74, 6) is -1.47. The fourth-order valence-corrected chi connectivity index (χ4v) is 2.64. The molecule has 0 aliphatic carbocycles. The van der Waals surface area contributed by atoms with Gasteiger partial charge in [-0.25, -0.2) is 4.79 Å². The van der Waals surface area contributed by atoms with Gasteiger partial charge in [0.15, 0.2) is 0 Å². The van der Waals surface area contributed by atoms with Crippen LogP contribution in [0.3, 0.4) is 0 Å². The molecule has 1 aliphatic rings. The molecule has 1 aromatic rings. The van der Waals surface area contributed by atoms with Crippen molar-refractivity contribution in [3.63, 3.8) is 0 Å². The quantitative estimate of drug-likeness (QED) is 0.827. The topological polar surface area (TPSA) is 90.0 Å². The molecule has 0 atom stereocenters. The normalized spacial score (nSPS) is 13.8. The van der Waals surface area contributed by atoms with E-state index in [0.717, 1.165) is 0 Å². The molecule has 3 amide bonds. The van der Waals surface area contributed by atoms with E-state index in [0.29, 0.717) is 42.3 Å². The number of nitrogens with zero attached hydrogens (tertiary/aromatic N) is 2. The highest BCUT2D eigenvalue weighted by Gasteiger charge is 2.25. The predicted molar refractivity (Wildman–Crippen MR) is 86.0 cm³/mol. The van der Waals surface area contributed by atoms with Gasteiger partial charge in [-0.3, -0.25) is 14.5 Å². The van der Waals surface area contributed by atoms with Crippen LogP contribution < -0.4 is 10.2 Å². The van der Waals surface area contributed by atoms with Crippen LogP contribution in [0.15, 0.2) is 18.2 Å². The zero-order valence-electron chi connectivity index (χ0n) is 12.7. The zero-order chi connectivity index (χ0) is 17.0. The van der Waals surface area contributed by atoms with Crippen molar-refractivity contribution >= 4 is 35.2 Å². The number of rotatable bonds is 6. The van der Waals surface area contributed by atoms with E-state index in [2.05, 4.69) is 5.32 Å². The Morgan fingerprint density at radius 3 is 2.74 bits per heavy atom. The number of carbonyl (C=O) groups is 3. The second-order valence-corrected chi connectivity index (χ2v) is 5.58. The monoisotopic (exact) mass is 339 g/mol. The molecule has 0 bridgehead atoms. The molecule has 0 aromatic heterocycles. The van der Waals surface area contributed by atoms with Gasteiger partial charge in [0.2, 0.25) is 0 Å². The maximum Gasteiger partial charge on any atom is 0.323 e. The van der Waals surface area contributed by atoms with Crippen molar-refractivity contribution in [2.75, 3.05) is 31.1 Å². The molecule has 1 saturated heterocycles. The maximum absolute atomic E-state index is 12.5. The van der Waals surface area contributed by atoms with Gasteiger partial charge in [0.1, 0.15) is 6.54 Å². The third-order valence-corrected chi connectivity index (χ3v) is 3.77. The number of halogens is 1. The van der Waals surface area contributed by atoms with Crippen molar-refractivity contribution in [1.82, 2.24) is 10.2 Å². The molecule has 1 heterocycles. The first-order valence-corrected chi connectivity index (χ1v) is 7.67. The Morgan fingerprint density at radius 1 is 1.43 bits per heavy atom. The molecule has 0 unspecified atom stereocenters. The molecule has 23 heavy (non-hydrogen) atoms. The van der Waals surface area contributed by atoms with E-state index in [9.17, 15) is 14.4 Å². The van der Waals surface area contributed by atoms with Gasteiger partial charge in [-0.05, 0) is 24.6 Å². The number of aliphatic carboxylic acids is 1. The number of carbonyl (C=O) groups excluding carboxylic acids is 2. The number of carboxylic acids is 1. The minimum Gasteiger partial charge on any atom is -0.480 e. The van der Waals surface area contributed by atoms with Crippen LogP contribution in [0.1, 0.15) is 23.7 Å². The third-order valence-electron chi connectivity index (χ3n) is 3.45. The van der Waals surface area contributed by atoms with Crippen LogP contribution in [0, 0.1) is 0 Å². The molecule has 1 aliphatic heterocycles. The number of carboxylic acid groups (broad SMARTS) is 1. The van der Waals surface area contributed by atoms with Crippen LogP contribution in [0.5, 0.6) is 0 Å². The Kier molecular flexibility index (Phi) is 5.44. The molecule has 0 saturated carbocycles. The second kappa shape index (κ2) is 7.32. The van der Waals surface area contributed by atoms with Gasteiger partial charge in [0.25, 0.3) is 5.91 Å². The number of nitrogens with one attached hydrogen (secondary N) is 1. The van der Waals surface area contributed by atoms with Gasteiger partial charge in [-0.2, -0.15) is 0 Å². The minimum absolute atomic E-state index is 0.271. The van der Waals surface area contributed by atoms with Crippen LogP contribution in [-0.4, -0.2) is 54.1 Å². The molecule has 1 fully saturated rings. The minimum atomic E-state index is -1.07. The van der Waals surface area contributed by atoms with Crippen LogP contribution in [0.25, 0.3) is 0 Å². The highest BCUT2D eigenvalue weighted by molar-refractivity contribution is 6.34. The van der Waals surface area contributed by atoms with Crippen LogP contribution in [-0.2, 0) is 4.79 Å². The van der Waals surface area contributed by atoms with Gasteiger partial charge in [-0.15, -0.1) is 0 Å². The smallest absolute Gasteiger partial charge is 0.323 e. The van der Waals surface area contributed by atoms with Crippen molar-refractivity contribution in [3.05, 3.63) is 28.8 Å². The van der Waals surface area contributed by atoms with Crippen LogP contribution in [0.4, 0.5) is 10.5 Å². The number of benzene rings is 1. The van der Waals surface area contributed by atoms with Crippen LogP contribution in [0.2, 0.25) is 5.02 Å². The molecule has 1 aromatic carbocycles. The summed E-state index contributed by atoms with van der Waals surface area (Å²) < 4.78 is 0. The summed E-state index contributed by atoms with van der Waals surface area (Å²) >= 11 is 6.13. The first kappa shape index (κ1) is 17.1. The Balaban J connectivity index is 2.29. The molecular formula is C15H18ClN3O4. The lowest BCUT2D eigenvalue weighted by molar-refractivity contribution is -0.137. The van der Waals surface area contributed by atoms with Crippen LogP contribution >= 0.6 is 11.6 Å². The summed E-state index contributed by atoms with van der Waals surface area (Å²) in [5, 5.41) is 12.0. The molecule has 0 radical (unpaired) electrons. The van der Waals surface area contributed by atoms with Crippen molar-refractivity contribution < 1.29 is 19.5 Å². The van der Waals surface area contributed by atoms with E-state index in [1.54, 1.807) is 6.07 Å². The number of hydrogen-bond acceptors (Lipinski definition) is 3. The van der Waals surface area contributed by atoms with E-state index < -0.39 is 11.9 Å². The summed E-state index contributed by atoms with van der Waals surface area (Å²) in [7, 11) is 0. The summed E-state index contributed by atoms with van der Waals surface area (Å²) in [5.41, 5.74) is 0.748. The molecule has 2 rings (SSSR count). The Bertz CT molecular complexity index is 635. The second-order valence-electron chi connectivity index (χ2n) is 5.17. The standard InChI is InChI=1S/C15H18ClN3O4/c1-2-6-18(9-13(20)21)14(22)10-3-4-11(16)12(8-10)19-7-5-17-15(19)23/h3-4,8H,2,5-7,9H2,1H3,(H,17,23)(H,20,21). The van der Waals surface area contributed by atoms with Gasteiger partial charge in [0.05, 0.1) is 10.7 Å². The van der Waals surface area contributed by atoms with Crippen molar-refractivity contribution in [2.24, 2.45) is 0 Å². The molecule has 124 valence electrons.